The van der Waals surface area contributed by atoms with Gasteiger partial charge in [0.15, 0.2) is 0 Å². The quantitative estimate of drug-likeness (QED) is 0.322. The first kappa shape index (κ1) is 32.3. The van der Waals surface area contributed by atoms with Crippen molar-refractivity contribution in [2.45, 2.75) is 45.4 Å². The van der Waals surface area contributed by atoms with E-state index in [1.54, 1.807) is 6.92 Å². The van der Waals surface area contributed by atoms with Crippen LogP contribution in [0.2, 0.25) is 5.02 Å². The molecule has 0 aliphatic heterocycles. The van der Waals surface area contributed by atoms with E-state index in [1.807, 2.05) is 0 Å². The van der Waals surface area contributed by atoms with Crippen LogP contribution < -0.4 is 11.1 Å². The fraction of sp³-hybridized carbons (Fsp3) is 0.478. The van der Waals surface area contributed by atoms with Crippen molar-refractivity contribution in [3.8, 4) is 11.3 Å². The first-order valence-electron chi connectivity index (χ1n) is 10.8. The van der Waals surface area contributed by atoms with Crippen molar-refractivity contribution < 1.29 is 32.8 Å². The minimum atomic E-state index is -0.590. The Hall–Kier alpha value is -2.69. The van der Waals surface area contributed by atoms with E-state index in [4.69, 9.17) is 21.9 Å². The van der Waals surface area contributed by atoms with Crippen molar-refractivity contribution in [2.24, 2.45) is 5.73 Å². The summed E-state index contributed by atoms with van der Waals surface area (Å²) >= 11 is 6.04. The molecular weight excluding hydrogens is 504 g/mol. The number of nitrogens with one attached hydrogen (secondary N) is 1. The Kier molecular flexibility index (Phi) is 16.3. The topological polar surface area (TPSA) is 134 Å². The molecule has 2 aromatic rings. The Balaban J connectivity index is 0.000000989. The van der Waals surface area contributed by atoms with E-state index in [0.717, 1.165) is 12.8 Å². The van der Waals surface area contributed by atoms with Crippen LogP contribution in [0.5, 0.6) is 0 Å². The standard InChI is InChI=1S/C17H18ClFN2O4.C6H13NO2.ClH/c1-10-14(17(23)20-9-4-3-8-13(22)24-2)16(21-25-10)15-11(18)6-5-7-12(15)19;1-9-6(8)4-2-3-5-7;/h5-7H,3-4,8-9H2,1-2H3,(H,20,23);2-5,7H2,1H3;1H. The molecule has 0 aliphatic carbocycles. The van der Waals surface area contributed by atoms with Gasteiger partial charge in [0.05, 0.1) is 24.8 Å². The lowest BCUT2D eigenvalue weighted by molar-refractivity contribution is -0.141. The molecule has 0 spiro atoms. The number of carbonyl (C=O) groups is 3. The number of hydrogen-bond acceptors (Lipinski definition) is 8. The van der Waals surface area contributed by atoms with Gasteiger partial charge in [-0.05, 0) is 51.3 Å². The van der Waals surface area contributed by atoms with Gasteiger partial charge in [-0.1, -0.05) is 22.8 Å². The third kappa shape index (κ3) is 11.1. The average molecular weight is 536 g/mol. The van der Waals surface area contributed by atoms with Gasteiger partial charge in [-0.15, -0.1) is 12.4 Å². The van der Waals surface area contributed by atoms with Gasteiger partial charge in [0, 0.05) is 19.4 Å². The molecule has 1 aromatic heterocycles. The number of amides is 1. The van der Waals surface area contributed by atoms with E-state index in [2.05, 4.69) is 19.9 Å². The zero-order valence-corrected chi connectivity index (χ0v) is 21.6. The van der Waals surface area contributed by atoms with Crippen LogP contribution in [0, 0.1) is 12.7 Å². The molecule has 0 bridgehead atoms. The van der Waals surface area contributed by atoms with Crippen LogP contribution in [0.25, 0.3) is 11.3 Å². The molecule has 0 radical (unpaired) electrons. The first-order chi connectivity index (χ1) is 16.3. The van der Waals surface area contributed by atoms with Gasteiger partial charge >= 0.3 is 11.9 Å². The van der Waals surface area contributed by atoms with Gasteiger partial charge in [0.25, 0.3) is 5.91 Å². The summed E-state index contributed by atoms with van der Waals surface area (Å²) in [6.07, 6.45) is 3.70. The van der Waals surface area contributed by atoms with E-state index in [0.29, 0.717) is 32.4 Å². The second-order valence-corrected chi connectivity index (χ2v) is 7.58. The highest BCUT2D eigenvalue weighted by Crippen LogP contribution is 2.33. The second-order valence-electron chi connectivity index (χ2n) is 7.17. The predicted octanol–water partition coefficient (Wildman–Crippen LogP) is 4.23. The molecule has 2 rings (SSSR count). The number of aryl methyl sites for hydroxylation is 1. The fourth-order valence-electron chi connectivity index (χ4n) is 2.84. The van der Waals surface area contributed by atoms with Crippen LogP contribution in [0.4, 0.5) is 4.39 Å². The van der Waals surface area contributed by atoms with Crippen LogP contribution in [0.15, 0.2) is 22.7 Å². The fourth-order valence-corrected chi connectivity index (χ4v) is 3.09. The Bertz CT molecular complexity index is 935. The Morgan fingerprint density at radius 3 is 2.23 bits per heavy atom. The summed E-state index contributed by atoms with van der Waals surface area (Å²) in [6, 6.07) is 4.22. The normalized spacial score (nSPS) is 9.89. The number of carbonyl (C=O) groups excluding carboxylic acids is 3. The largest absolute Gasteiger partial charge is 0.469 e. The van der Waals surface area contributed by atoms with E-state index in [-0.39, 0.29) is 58.4 Å². The number of hydrogen-bond donors (Lipinski definition) is 2. The smallest absolute Gasteiger partial charge is 0.305 e. The number of nitrogens with two attached hydrogens (primary N) is 1. The van der Waals surface area contributed by atoms with Gasteiger partial charge in [0.2, 0.25) is 0 Å². The molecule has 0 atom stereocenters. The number of benzene rings is 1. The van der Waals surface area contributed by atoms with Crippen LogP contribution in [-0.4, -0.2) is 50.3 Å². The summed E-state index contributed by atoms with van der Waals surface area (Å²) < 4.78 is 28.1. The molecule has 1 heterocycles. The van der Waals surface area contributed by atoms with Crippen molar-refractivity contribution in [2.75, 3.05) is 27.3 Å². The number of unbranched alkanes of at least 4 members (excludes halogenated alkanes) is 2. The lowest BCUT2D eigenvalue weighted by Gasteiger charge is -2.07. The highest BCUT2D eigenvalue weighted by molar-refractivity contribution is 6.33. The van der Waals surface area contributed by atoms with Crippen molar-refractivity contribution in [3.63, 3.8) is 0 Å². The summed E-state index contributed by atoms with van der Waals surface area (Å²) in [5, 5.41) is 6.64. The molecular formula is C23H32Cl2FN3O6. The summed E-state index contributed by atoms with van der Waals surface area (Å²) in [5.74, 6) is -1.21. The number of esters is 2. The van der Waals surface area contributed by atoms with Crippen LogP contribution in [-0.2, 0) is 19.1 Å². The van der Waals surface area contributed by atoms with Crippen LogP contribution >= 0.6 is 24.0 Å². The molecule has 0 fully saturated rings. The lowest BCUT2D eigenvalue weighted by atomic mass is 10.0. The number of nitrogens with zero attached hydrogens (tertiary/aromatic N) is 1. The lowest BCUT2D eigenvalue weighted by Crippen LogP contribution is -2.25. The molecule has 35 heavy (non-hydrogen) atoms. The zero-order valence-electron chi connectivity index (χ0n) is 20.0. The predicted molar refractivity (Wildman–Crippen MR) is 132 cm³/mol. The Labute approximate surface area is 215 Å². The zero-order chi connectivity index (χ0) is 25.5. The molecule has 12 heteroatoms. The van der Waals surface area contributed by atoms with E-state index in [9.17, 15) is 18.8 Å². The minimum Gasteiger partial charge on any atom is -0.469 e. The van der Waals surface area contributed by atoms with Crippen LogP contribution in [0.1, 0.15) is 54.6 Å². The molecule has 1 aromatic carbocycles. The molecule has 0 saturated heterocycles. The monoisotopic (exact) mass is 535 g/mol. The molecule has 196 valence electrons. The third-order valence-corrected chi connectivity index (χ3v) is 4.99. The van der Waals surface area contributed by atoms with E-state index < -0.39 is 11.7 Å². The maximum atomic E-state index is 14.1. The second kappa shape index (κ2) is 17.7. The Morgan fingerprint density at radius 2 is 1.69 bits per heavy atom. The van der Waals surface area contributed by atoms with Gasteiger partial charge < -0.3 is 25.0 Å². The molecule has 0 saturated carbocycles. The molecule has 0 unspecified atom stereocenters. The number of rotatable bonds is 11. The van der Waals surface area contributed by atoms with Gasteiger partial charge in [-0.3, -0.25) is 14.4 Å². The van der Waals surface area contributed by atoms with Gasteiger partial charge in [-0.25, -0.2) is 4.39 Å². The number of halogens is 3. The minimum absolute atomic E-state index is 0. The number of aromatic nitrogens is 1. The number of ether oxygens (including phenoxy) is 2. The SMILES string of the molecule is COC(=O)CCCCN.COC(=O)CCCCNC(=O)c1c(-c2c(F)cccc2Cl)noc1C.Cl. The Morgan fingerprint density at radius 1 is 1.09 bits per heavy atom. The molecule has 3 N–H and O–H groups in total. The summed E-state index contributed by atoms with van der Waals surface area (Å²) in [7, 11) is 2.72. The maximum Gasteiger partial charge on any atom is 0.305 e. The average Bonchev–Trinajstić information content (AvgIpc) is 3.19. The van der Waals surface area contributed by atoms with Crippen molar-refractivity contribution in [3.05, 3.63) is 40.4 Å². The van der Waals surface area contributed by atoms with Crippen molar-refractivity contribution >= 4 is 41.9 Å². The first-order valence-corrected chi connectivity index (χ1v) is 11.2. The summed E-state index contributed by atoms with van der Waals surface area (Å²) in [5.41, 5.74) is 5.43. The summed E-state index contributed by atoms with van der Waals surface area (Å²) in [6.45, 7) is 2.57. The van der Waals surface area contributed by atoms with Crippen molar-refractivity contribution in [1.29, 1.82) is 0 Å². The highest BCUT2D eigenvalue weighted by Gasteiger charge is 2.25. The molecule has 0 aliphatic rings. The van der Waals surface area contributed by atoms with Crippen LogP contribution in [0.3, 0.4) is 0 Å². The highest BCUT2D eigenvalue weighted by atomic mass is 35.5. The maximum absolute atomic E-state index is 14.1. The van der Waals surface area contributed by atoms with E-state index in [1.165, 1.54) is 32.4 Å². The van der Waals surface area contributed by atoms with Gasteiger partial charge in [0.1, 0.15) is 22.8 Å². The van der Waals surface area contributed by atoms with E-state index >= 15 is 0 Å². The summed E-state index contributed by atoms with van der Waals surface area (Å²) in [4.78, 5) is 33.9. The molecule has 9 nitrogen and oxygen atoms in total. The third-order valence-electron chi connectivity index (χ3n) is 4.67. The number of methoxy groups -OCH3 is 2. The van der Waals surface area contributed by atoms with Crippen molar-refractivity contribution in [1.82, 2.24) is 10.5 Å². The molecule has 1 amide bonds. The van der Waals surface area contributed by atoms with Gasteiger partial charge in [-0.2, -0.15) is 0 Å².